The summed E-state index contributed by atoms with van der Waals surface area (Å²) in [5.74, 6) is 0.552. The number of rotatable bonds is 15. The lowest BCUT2D eigenvalue weighted by Gasteiger charge is -2.31. The summed E-state index contributed by atoms with van der Waals surface area (Å²) < 4.78 is 42.1. The maximum absolute atomic E-state index is 12.4. The minimum atomic E-state index is -4.16. The van der Waals surface area contributed by atoms with Crippen LogP contribution in [0.3, 0.4) is 0 Å². The predicted molar refractivity (Wildman–Crippen MR) is 118 cm³/mol. The van der Waals surface area contributed by atoms with Crippen molar-refractivity contribution < 1.29 is 32.6 Å². The number of Topliss-reactive ketones (excluding diaryl/α,β-unsaturated/α-hetero) is 1. The lowest BCUT2D eigenvalue weighted by atomic mass is 9.82. The lowest BCUT2D eigenvalue weighted by molar-refractivity contribution is -0.143. The van der Waals surface area contributed by atoms with Crippen molar-refractivity contribution >= 4 is 23.5 Å². The van der Waals surface area contributed by atoms with E-state index in [0.717, 1.165) is 38.5 Å². The highest BCUT2D eigenvalue weighted by Gasteiger charge is 2.36. The Bertz CT molecular complexity index is 551. The van der Waals surface area contributed by atoms with E-state index in [0.29, 0.717) is 31.6 Å². The zero-order chi connectivity index (χ0) is 23.5. The Hall–Kier alpha value is -0.760. The first-order valence-corrected chi connectivity index (χ1v) is 12.6. The highest BCUT2D eigenvalue weighted by atomic mass is 32.2. The summed E-state index contributed by atoms with van der Waals surface area (Å²) >= 11 is 1.59. The van der Waals surface area contributed by atoms with E-state index in [2.05, 4.69) is 0 Å². The molecule has 1 aliphatic carbocycles. The fourth-order valence-electron chi connectivity index (χ4n) is 4.00. The summed E-state index contributed by atoms with van der Waals surface area (Å²) in [5, 5.41) is 10.7. The van der Waals surface area contributed by atoms with Crippen LogP contribution in [0.1, 0.15) is 91.4 Å². The van der Waals surface area contributed by atoms with Gasteiger partial charge in [-0.2, -0.15) is 24.9 Å². The van der Waals surface area contributed by atoms with Gasteiger partial charge < -0.3 is 9.84 Å². The summed E-state index contributed by atoms with van der Waals surface area (Å²) in [4.78, 5) is 23.6. The number of aliphatic hydroxyl groups excluding tert-OH is 1. The predicted octanol–water partition coefficient (Wildman–Crippen LogP) is 6.09. The Morgan fingerprint density at radius 2 is 1.84 bits per heavy atom. The number of esters is 1. The second-order valence-corrected chi connectivity index (χ2v) is 10.5. The van der Waals surface area contributed by atoms with Crippen LogP contribution in [0.25, 0.3) is 0 Å². The number of halogens is 3. The molecule has 182 valence electrons. The summed E-state index contributed by atoms with van der Waals surface area (Å²) in [5.41, 5.74) is -0.588. The van der Waals surface area contributed by atoms with Gasteiger partial charge in [-0.05, 0) is 44.4 Å². The molecule has 0 aromatic carbocycles. The van der Waals surface area contributed by atoms with Gasteiger partial charge in [0.15, 0.2) is 0 Å². The average Bonchev–Trinajstić information content (AvgIpc) is 3.01. The molecule has 0 aromatic rings. The van der Waals surface area contributed by atoms with Crippen molar-refractivity contribution in [3.05, 3.63) is 0 Å². The molecule has 0 amide bonds. The van der Waals surface area contributed by atoms with E-state index < -0.39 is 24.1 Å². The molecule has 0 aromatic heterocycles. The Balaban J connectivity index is 2.33. The Labute approximate surface area is 189 Å². The van der Waals surface area contributed by atoms with Crippen LogP contribution in [-0.2, 0) is 14.3 Å². The molecule has 0 spiro atoms. The van der Waals surface area contributed by atoms with E-state index in [1.165, 1.54) is 0 Å². The van der Waals surface area contributed by atoms with Crippen molar-refractivity contribution in [2.45, 2.75) is 109 Å². The zero-order valence-corrected chi connectivity index (χ0v) is 20.0. The molecule has 31 heavy (non-hydrogen) atoms. The average molecular weight is 469 g/mol. The number of unbranched alkanes of at least 4 members (excludes halogenated alkanes) is 3. The number of aliphatic hydroxyl groups is 1. The Morgan fingerprint density at radius 1 is 1.16 bits per heavy atom. The maximum atomic E-state index is 12.4. The van der Waals surface area contributed by atoms with E-state index in [1.54, 1.807) is 18.7 Å². The smallest absolute Gasteiger partial charge is 0.389 e. The van der Waals surface area contributed by atoms with Gasteiger partial charge in [0.25, 0.3) is 0 Å². The molecular weight excluding hydrogens is 429 g/mol. The van der Waals surface area contributed by atoms with Gasteiger partial charge in [0.05, 0.1) is 12.7 Å². The van der Waals surface area contributed by atoms with Crippen molar-refractivity contribution in [3.63, 3.8) is 0 Å². The fraction of sp³-hybridized carbons (Fsp3) is 0.913. The molecule has 3 unspecified atom stereocenters. The van der Waals surface area contributed by atoms with Crippen LogP contribution in [0.15, 0.2) is 0 Å². The normalized spacial score (nSPS) is 20.8. The molecule has 1 aliphatic rings. The quantitative estimate of drug-likeness (QED) is 0.233. The van der Waals surface area contributed by atoms with Gasteiger partial charge in [0.1, 0.15) is 5.78 Å². The van der Waals surface area contributed by atoms with Crippen molar-refractivity contribution in [2.24, 2.45) is 11.3 Å². The molecule has 8 heteroatoms. The summed E-state index contributed by atoms with van der Waals surface area (Å²) in [6.45, 7) is 5.81. The van der Waals surface area contributed by atoms with Gasteiger partial charge in [-0.25, -0.2) is 0 Å². The van der Waals surface area contributed by atoms with Crippen LogP contribution in [0.5, 0.6) is 0 Å². The van der Waals surface area contributed by atoms with Crippen LogP contribution in [0, 0.1) is 11.3 Å². The number of ether oxygens (including phenoxy) is 1. The van der Waals surface area contributed by atoms with Crippen molar-refractivity contribution in [2.75, 3.05) is 12.4 Å². The van der Waals surface area contributed by atoms with Crippen LogP contribution in [0.2, 0.25) is 0 Å². The van der Waals surface area contributed by atoms with E-state index in [4.69, 9.17) is 4.74 Å². The van der Waals surface area contributed by atoms with Gasteiger partial charge >= 0.3 is 12.1 Å². The molecule has 1 N–H and O–H groups in total. The molecule has 1 rings (SSSR count). The summed E-state index contributed by atoms with van der Waals surface area (Å²) in [7, 11) is 0. The molecule has 0 heterocycles. The molecule has 0 aliphatic heterocycles. The highest BCUT2D eigenvalue weighted by Crippen LogP contribution is 2.39. The monoisotopic (exact) mass is 468 g/mol. The van der Waals surface area contributed by atoms with Gasteiger partial charge in [0.2, 0.25) is 0 Å². The molecule has 0 bridgehead atoms. The second kappa shape index (κ2) is 13.7. The van der Waals surface area contributed by atoms with E-state index >= 15 is 0 Å². The van der Waals surface area contributed by atoms with E-state index in [9.17, 15) is 27.9 Å². The minimum Gasteiger partial charge on any atom is -0.466 e. The third-order valence-electron chi connectivity index (χ3n) is 6.14. The topological polar surface area (TPSA) is 63.6 Å². The summed E-state index contributed by atoms with van der Waals surface area (Å²) in [6, 6.07) is 0. The first-order chi connectivity index (χ1) is 14.5. The highest BCUT2D eigenvalue weighted by molar-refractivity contribution is 8.00. The molecule has 0 saturated heterocycles. The summed E-state index contributed by atoms with van der Waals surface area (Å²) in [6.07, 6.45) is 0.892. The van der Waals surface area contributed by atoms with Crippen LogP contribution < -0.4 is 0 Å². The molecule has 4 nitrogen and oxygen atoms in total. The molecular formula is C23H39F3O4S. The number of alkyl halides is 3. The third kappa shape index (κ3) is 11.6. The number of ketones is 1. The SMILES string of the molecule is CCOC(=O)CCCCCCC1C(=O)CCC1SCC(O)C(C)(C)CCCC(F)(F)F. The fourth-order valence-corrected chi connectivity index (χ4v) is 5.68. The first kappa shape index (κ1) is 28.3. The molecule has 3 atom stereocenters. The largest absolute Gasteiger partial charge is 0.466 e. The number of thioether (sulfide) groups is 1. The van der Waals surface area contributed by atoms with Crippen molar-refractivity contribution in [3.8, 4) is 0 Å². The third-order valence-corrected chi connectivity index (χ3v) is 7.64. The molecule has 1 saturated carbocycles. The lowest BCUT2D eigenvalue weighted by Crippen LogP contribution is -2.33. The number of hydrogen-bond donors (Lipinski definition) is 1. The van der Waals surface area contributed by atoms with E-state index in [1.807, 2.05) is 13.8 Å². The number of carbonyl (C=O) groups excluding carboxylic acids is 2. The zero-order valence-electron chi connectivity index (χ0n) is 19.1. The van der Waals surface area contributed by atoms with E-state index in [-0.39, 0.29) is 29.3 Å². The number of hydrogen-bond acceptors (Lipinski definition) is 5. The Kier molecular flexibility index (Phi) is 12.5. The van der Waals surface area contributed by atoms with Gasteiger partial charge in [-0.3, -0.25) is 9.59 Å². The van der Waals surface area contributed by atoms with Crippen molar-refractivity contribution in [1.82, 2.24) is 0 Å². The number of carbonyl (C=O) groups is 2. The second-order valence-electron chi connectivity index (χ2n) is 9.21. The molecule has 0 radical (unpaired) electrons. The minimum absolute atomic E-state index is 0.00408. The maximum Gasteiger partial charge on any atom is 0.389 e. The van der Waals surface area contributed by atoms with Crippen LogP contribution in [-0.4, -0.2) is 46.7 Å². The Morgan fingerprint density at radius 3 is 2.48 bits per heavy atom. The van der Waals surface area contributed by atoms with Gasteiger partial charge in [-0.15, -0.1) is 0 Å². The first-order valence-electron chi connectivity index (χ1n) is 11.5. The molecule has 1 fully saturated rings. The standard InChI is InChI=1S/C23H39F3O4S/c1-4-30-21(29)11-8-6-5-7-10-17-18(27)12-13-19(17)31-16-20(28)22(2,3)14-9-15-23(24,25)26/h17,19-20,28H,4-16H2,1-3H3. The van der Waals surface area contributed by atoms with Crippen LogP contribution >= 0.6 is 11.8 Å². The van der Waals surface area contributed by atoms with Crippen molar-refractivity contribution in [1.29, 1.82) is 0 Å². The van der Waals surface area contributed by atoms with Crippen LogP contribution in [0.4, 0.5) is 13.2 Å². The van der Waals surface area contributed by atoms with Gasteiger partial charge in [-0.1, -0.05) is 33.1 Å². The van der Waals surface area contributed by atoms with Gasteiger partial charge in [0, 0.05) is 36.2 Å².